The summed E-state index contributed by atoms with van der Waals surface area (Å²) in [6, 6.07) is 0. The van der Waals surface area contributed by atoms with Gasteiger partial charge < -0.3 is 10.2 Å². The first kappa shape index (κ1) is 10.9. The number of hydrazine groups is 1. The van der Waals surface area contributed by atoms with Crippen molar-refractivity contribution in [1.29, 1.82) is 0 Å². The monoisotopic (exact) mass is 176 g/mol. The van der Waals surface area contributed by atoms with Gasteiger partial charge in [0.05, 0.1) is 0 Å². The summed E-state index contributed by atoms with van der Waals surface area (Å²) in [5.74, 6) is -2.10. The maximum absolute atomic E-state index is 10.2. The third-order valence-corrected chi connectivity index (χ3v) is 1.20. The van der Waals surface area contributed by atoms with Crippen LogP contribution in [0.1, 0.15) is 0 Å². The molecule has 0 heterocycles. The van der Waals surface area contributed by atoms with Crippen LogP contribution in [0.25, 0.3) is 0 Å². The Morgan fingerprint density at radius 3 is 1.58 bits per heavy atom. The number of hydrogen-bond acceptors (Lipinski definition) is 4. The van der Waals surface area contributed by atoms with Gasteiger partial charge in [-0.1, -0.05) is 0 Å². The first-order valence-corrected chi connectivity index (χ1v) is 3.29. The average molecular weight is 176 g/mol. The molecule has 0 spiro atoms. The topological polar surface area (TPSA) is 81.1 Å². The molecule has 12 heavy (non-hydrogen) atoms. The Balaban J connectivity index is 4.04. The third-order valence-electron chi connectivity index (χ3n) is 1.20. The fourth-order valence-electron chi connectivity index (χ4n) is 0.651. The summed E-state index contributed by atoms with van der Waals surface area (Å²) in [5, 5.41) is 19.4. The van der Waals surface area contributed by atoms with E-state index in [0.29, 0.717) is 0 Å². The molecule has 0 amide bonds. The molecule has 0 fully saturated rings. The van der Waals surface area contributed by atoms with Gasteiger partial charge in [-0.3, -0.25) is 9.59 Å². The van der Waals surface area contributed by atoms with E-state index >= 15 is 0 Å². The molecule has 0 aromatic rings. The number of rotatable bonds is 5. The van der Waals surface area contributed by atoms with Crippen LogP contribution in [0.3, 0.4) is 0 Å². The Kier molecular flexibility index (Phi) is 4.24. The van der Waals surface area contributed by atoms with Gasteiger partial charge in [-0.15, -0.1) is 0 Å². The van der Waals surface area contributed by atoms with E-state index in [4.69, 9.17) is 10.2 Å². The van der Waals surface area contributed by atoms with Crippen molar-refractivity contribution < 1.29 is 19.8 Å². The van der Waals surface area contributed by atoms with Crippen LogP contribution in [0, 0.1) is 0 Å². The lowest BCUT2D eigenvalue weighted by molar-refractivity contribution is -0.148. The van der Waals surface area contributed by atoms with Crippen molar-refractivity contribution in [3.05, 3.63) is 0 Å². The van der Waals surface area contributed by atoms with Crippen molar-refractivity contribution >= 4 is 11.9 Å². The van der Waals surface area contributed by atoms with E-state index in [1.807, 2.05) is 0 Å². The van der Waals surface area contributed by atoms with E-state index in [1.165, 1.54) is 10.0 Å². The van der Waals surface area contributed by atoms with Crippen LogP contribution in [0.4, 0.5) is 0 Å². The highest BCUT2D eigenvalue weighted by Crippen LogP contribution is 1.90. The fourth-order valence-corrected chi connectivity index (χ4v) is 0.651. The summed E-state index contributed by atoms with van der Waals surface area (Å²) in [6.07, 6.45) is 0. The van der Waals surface area contributed by atoms with E-state index in [9.17, 15) is 9.59 Å². The molecular weight excluding hydrogens is 164 g/mol. The van der Waals surface area contributed by atoms with Gasteiger partial charge in [-0.25, -0.2) is 10.0 Å². The standard InChI is InChI=1S/C6H12N2O4/c1-7(2)8(3-5(9)10)4-6(11)12/h3-4H2,1-2H3,(H,9,10)(H,11,12). The number of carboxylic acid groups (broad SMARTS) is 2. The molecule has 0 atom stereocenters. The van der Waals surface area contributed by atoms with E-state index in [0.717, 1.165) is 0 Å². The van der Waals surface area contributed by atoms with Crippen LogP contribution in [0.2, 0.25) is 0 Å². The van der Waals surface area contributed by atoms with Crippen molar-refractivity contribution in [2.75, 3.05) is 27.2 Å². The number of hydrogen-bond donors (Lipinski definition) is 2. The second-order valence-electron chi connectivity index (χ2n) is 2.46. The molecule has 0 unspecified atom stereocenters. The summed E-state index contributed by atoms with van der Waals surface area (Å²) < 4.78 is 0. The van der Waals surface area contributed by atoms with Gasteiger partial charge in [0.25, 0.3) is 0 Å². The lowest BCUT2D eigenvalue weighted by atomic mass is 10.5. The van der Waals surface area contributed by atoms with E-state index < -0.39 is 11.9 Å². The average Bonchev–Trinajstić information content (AvgIpc) is 1.83. The van der Waals surface area contributed by atoms with Gasteiger partial charge in [0, 0.05) is 14.1 Å². The predicted octanol–water partition coefficient (Wildman–Crippen LogP) is -1.07. The van der Waals surface area contributed by atoms with Gasteiger partial charge in [-0.2, -0.15) is 0 Å². The second-order valence-corrected chi connectivity index (χ2v) is 2.46. The second kappa shape index (κ2) is 4.68. The van der Waals surface area contributed by atoms with Gasteiger partial charge in [0.1, 0.15) is 13.1 Å². The molecule has 6 heteroatoms. The highest BCUT2D eigenvalue weighted by Gasteiger charge is 2.14. The molecule has 0 aromatic carbocycles. The van der Waals surface area contributed by atoms with Crippen LogP contribution in [0.5, 0.6) is 0 Å². The highest BCUT2D eigenvalue weighted by atomic mass is 16.4. The summed E-state index contributed by atoms with van der Waals surface area (Å²) in [4.78, 5) is 20.5. The van der Waals surface area contributed by atoms with Crippen LogP contribution in [-0.4, -0.2) is 59.4 Å². The molecule has 0 radical (unpaired) electrons. The number of carboxylic acids is 2. The molecule has 0 rings (SSSR count). The molecule has 70 valence electrons. The van der Waals surface area contributed by atoms with Crippen molar-refractivity contribution in [3.8, 4) is 0 Å². The summed E-state index contributed by atoms with van der Waals surface area (Å²) >= 11 is 0. The van der Waals surface area contributed by atoms with Crippen molar-refractivity contribution in [2.45, 2.75) is 0 Å². The van der Waals surface area contributed by atoms with Gasteiger partial charge >= 0.3 is 11.9 Å². The molecule has 2 N–H and O–H groups in total. The summed E-state index contributed by atoms with van der Waals surface area (Å²) in [6.45, 7) is -0.613. The lowest BCUT2D eigenvalue weighted by Crippen LogP contribution is -2.43. The quantitative estimate of drug-likeness (QED) is 0.519. The Bertz CT molecular complexity index is 164. The first-order valence-electron chi connectivity index (χ1n) is 3.29. The van der Waals surface area contributed by atoms with Gasteiger partial charge in [-0.05, 0) is 0 Å². The van der Waals surface area contributed by atoms with Crippen LogP contribution in [0.15, 0.2) is 0 Å². The first-order chi connectivity index (χ1) is 5.43. The number of carbonyl (C=O) groups is 2. The lowest BCUT2D eigenvalue weighted by Gasteiger charge is -2.24. The smallest absolute Gasteiger partial charge is 0.319 e. The molecule has 0 saturated carbocycles. The zero-order chi connectivity index (χ0) is 9.72. The van der Waals surface area contributed by atoms with E-state index in [1.54, 1.807) is 14.1 Å². The molecule has 0 bridgehead atoms. The summed E-state index contributed by atoms with van der Waals surface area (Å²) in [5.41, 5.74) is 0. The fraction of sp³-hybridized carbons (Fsp3) is 0.667. The molecule has 0 aromatic heterocycles. The van der Waals surface area contributed by atoms with Gasteiger partial charge in [0.15, 0.2) is 0 Å². The highest BCUT2D eigenvalue weighted by molar-refractivity contribution is 5.72. The molecule has 0 aliphatic carbocycles. The van der Waals surface area contributed by atoms with Crippen molar-refractivity contribution in [2.24, 2.45) is 0 Å². The minimum atomic E-state index is -1.05. The normalized spacial score (nSPS) is 10.7. The molecular formula is C6H12N2O4. The molecule has 0 aliphatic heterocycles. The zero-order valence-electron chi connectivity index (χ0n) is 7.02. The number of aliphatic carboxylic acids is 2. The molecule has 0 saturated heterocycles. The Hall–Kier alpha value is -1.14. The summed E-state index contributed by atoms with van der Waals surface area (Å²) in [7, 11) is 3.18. The Morgan fingerprint density at radius 2 is 1.42 bits per heavy atom. The van der Waals surface area contributed by atoms with Crippen molar-refractivity contribution in [3.63, 3.8) is 0 Å². The minimum absolute atomic E-state index is 0.306. The predicted molar refractivity (Wildman–Crippen MR) is 40.5 cm³/mol. The van der Waals surface area contributed by atoms with Crippen molar-refractivity contribution in [1.82, 2.24) is 10.0 Å². The SMILES string of the molecule is CN(C)N(CC(=O)O)CC(=O)O. The van der Waals surface area contributed by atoms with Gasteiger partial charge in [0.2, 0.25) is 0 Å². The van der Waals surface area contributed by atoms with Crippen LogP contribution in [-0.2, 0) is 9.59 Å². The Labute approximate surface area is 70.0 Å². The number of nitrogens with zero attached hydrogens (tertiary/aromatic N) is 2. The molecule has 0 aliphatic rings. The maximum atomic E-state index is 10.2. The van der Waals surface area contributed by atoms with Crippen LogP contribution < -0.4 is 0 Å². The minimum Gasteiger partial charge on any atom is -0.480 e. The van der Waals surface area contributed by atoms with Crippen LogP contribution >= 0.6 is 0 Å². The van der Waals surface area contributed by atoms with E-state index in [2.05, 4.69) is 0 Å². The van der Waals surface area contributed by atoms with E-state index in [-0.39, 0.29) is 13.1 Å². The maximum Gasteiger partial charge on any atom is 0.319 e. The zero-order valence-corrected chi connectivity index (χ0v) is 7.02. The third kappa shape index (κ3) is 4.64. The largest absolute Gasteiger partial charge is 0.480 e. The Morgan fingerprint density at radius 1 is 1.08 bits per heavy atom. The molecule has 6 nitrogen and oxygen atoms in total.